The Hall–Kier alpha value is -1.02. The van der Waals surface area contributed by atoms with Crippen LogP contribution in [0.1, 0.15) is 41.5 Å². The van der Waals surface area contributed by atoms with Gasteiger partial charge in [-0.15, -0.1) is 0 Å². The van der Waals surface area contributed by atoms with E-state index in [0.29, 0.717) is 0 Å². The molecule has 1 heterocycles. The zero-order valence-electron chi connectivity index (χ0n) is 14.1. The summed E-state index contributed by atoms with van der Waals surface area (Å²) in [4.78, 5) is 24.0. The number of ether oxygens (including phenoxy) is 4. The average Bonchev–Trinajstić information content (AvgIpc) is 2.38. The lowest BCUT2D eigenvalue weighted by atomic mass is 9.92. The molecule has 0 saturated carbocycles. The highest BCUT2D eigenvalue weighted by Gasteiger charge is 2.44. The first-order valence-electron chi connectivity index (χ1n) is 7.25. The SMILES string of the molecule is CC(COC(C)(C)O)C(=O)OC(=O)C1(C)COC(C)(C)OC1. The summed E-state index contributed by atoms with van der Waals surface area (Å²) in [5.74, 6) is -4.18. The van der Waals surface area contributed by atoms with E-state index in [1.165, 1.54) is 13.8 Å². The van der Waals surface area contributed by atoms with Crippen molar-refractivity contribution in [1.82, 2.24) is 0 Å². The van der Waals surface area contributed by atoms with Crippen LogP contribution in [0.2, 0.25) is 0 Å². The van der Waals surface area contributed by atoms with Crippen molar-refractivity contribution < 1.29 is 33.6 Å². The lowest BCUT2D eigenvalue weighted by molar-refractivity contribution is -0.281. The average molecular weight is 318 g/mol. The van der Waals surface area contributed by atoms with Crippen LogP contribution in [0.3, 0.4) is 0 Å². The Morgan fingerprint density at radius 2 is 1.73 bits per heavy atom. The van der Waals surface area contributed by atoms with Gasteiger partial charge in [-0.2, -0.15) is 0 Å². The Labute approximate surface area is 130 Å². The van der Waals surface area contributed by atoms with Crippen molar-refractivity contribution in [1.29, 1.82) is 0 Å². The minimum Gasteiger partial charge on any atom is -0.392 e. The second-order valence-corrected chi connectivity index (χ2v) is 6.91. The van der Waals surface area contributed by atoms with Crippen LogP contribution in [0.5, 0.6) is 0 Å². The molecule has 1 saturated heterocycles. The summed E-state index contributed by atoms with van der Waals surface area (Å²) in [5.41, 5.74) is -1.03. The summed E-state index contributed by atoms with van der Waals surface area (Å²) in [6, 6.07) is 0. The van der Waals surface area contributed by atoms with Gasteiger partial charge in [-0.05, 0) is 41.5 Å². The second-order valence-electron chi connectivity index (χ2n) is 6.91. The van der Waals surface area contributed by atoms with Gasteiger partial charge in [0, 0.05) is 0 Å². The van der Waals surface area contributed by atoms with Gasteiger partial charge in [0.15, 0.2) is 11.6 Å². The van der Waals surface area contributed by atoms with Crippen molar-refractivity contribution in [2.24, 2.45) is 11.3 Å². The van der Waals surface area contributed by atoms with Gasteiger partial charge in [-0.25, -0.2) is 0 Å². The number of hydrogen-bond acceptors (Lipinski definition) is 7. The first-order chi connectivity index (χ1) is 9.85. The molecule has 1 fully saturated rings. The third kappa shape index (κ3) is 5.64. The largest absolute Gasteiger partial charge is 0.392 e. The Morgan fingerprint density at radius 3 is 2.18 bits per heavy atom. The normalized spacial score (nSPS) is 22.0. The van der Waals surface area contributed by atoms with E-state index in [2.05, 4.69) is 0 Å². The van der Waals surface area contributed by atoms with Gasteiger partial charge in [0.2, 0.25) is 0 Å². The maximum absolute atomic E-state index is 12.2. The van der Waals surface area contributed by atoms with Crippen molar-refractivity contribution >= 4 is 11.9 Å². The van der Waals surface area contributed by atoms with Crippen LogP contribution in [0.15, 0.2) is 0 Å². The predicted octanol–water partition coefficient (Wildman–Crippen LogP) is 1.23. The fraction of sp³-hybridized carbons (Fsp3) is 0.867. The zero-order chi connectivity index (χ0) is 17.2. The van der Waals surface area contributed by atoms with Crippen molar-refractivity contribution in [3.63, 3.8) is 0 Å². The second kappa shape index (κ2) is 6.62. The van der Waals surface area contributed by atoms with E-state index in [0.717, 1.165) is 0 Å². The lowest BCUT2D eigenvalue weighted by Crippen LogP contribution is -2.50. The third-order valence-corrected chi connectivity index (χ3v) is 3.25. The van der Waals surface area contributed by atoms with Gasteiger partial charge in [0.1, 0.15) is 5.41 Å². The highest BCUT2D eigenvalue weighted by Crippen LogP contribution is 2.30. The Kier molecular flexibility index (Phi) is 5.72. The number of carbonyl (C=O) groups excluding carboxylic acids is 2. The van der Waals surface area contributed by atoms with Gasteiger partial charge in [0.25, 0.3) is 0 Å². The smallest absolute Gasteiger partial charge is 0.324 e. The highest BCUT2D eigenvalue weighted by molar-refractivity contribution is 5.89. The van der Waals surface area contributed by atoms with Crippen LogP contribution in [0, 0.1) is 11.3 Å². The van der Waals surface area contributed by atoms with Gasteiger partial charge in [0.05, 0.1) is 25.7 Å². The molecule has 0 amide bonds. The monoisotopic (exact) mass is 318 g/mol. The van der Waals surface area contributed by atoms with Crippen LogP contribution < -0.4 is 0 Å². The summed E-state index contributed by atoms with van der Waals surface area (Å²) in [5, 5.41) is 9.45. The highest BCUT2D eigenvalue weighted by atomic mass is 16.7. The first kappa shape index (κ1) is 19.0. The first-order valence-corrected chi connectivity index (χ1v) is 7.25. The zero-order valence-corrected chi connectivity index (χ0v) is 14.1. The molecule has 0 aromatic rings. The molecular formula is C15H26O7. The summed E-state index contributed by atoms with van der Waals surface area (Å²) >= 11 is 0. The number of aliphatic hydroxyl groups is 1. The molecule has 0 aromatic carbocycles. The molecule has 22 heavy (non-hydrogen) atoms. The molecule has 7 heteroatoms. The summed E-state index contributed by atoms with van der Waals surface area (Å²) in [6.07, 6.45) is 0. The summed E-state index contributed by atoms with van der Waals surface area (Å²) < 4.78 is 20.9. The Morgan fingerprint density at radius 1 is 1.23 bits per heavy atom. The maximum Gasteiger partial charge on any atom is 0.324 e. The number of hydrogen-bond donors (Lipinski definition) is 1. The van der Waals surface area contributed by atoms with E-state index in [9.17, 15) is 14.7 Å². The molecule has 1 rings (SSSR count). The van der Waals surface area contributed by atoms with Gasteiger partial charge in [-0.1, -0.05) is 0 Å². The molecule has 0 aromatic heterocycles. The minimum atomic E-state index is -1.35. The van der Waals surface area contributed by atoms with Crippen molar-refractivity contribution in [3.8, 4) is 0 Å². The fourth-order valence-corrected chi connectivity index (χ4v) is 1.58. The fourth-order valence-electron chi connectivity index (χ4n) is 1.58. The number of esters is 2. The van der Waals surface area contributed by atoms with E-state index < -0.39 is 34.8 Å². The van der Waals surface area contributed by atoms with E-state index in [1.54, 1.807) is 27.7 Å². The predicted molar refractivity (Wildman–Crippen MR) is 76.6 cm³/mol. The standard InChI is InChI=1S/C15H26O7/c1-10(7-19-13(2,3)18)11(16)22-12(17)15(6)8-20-14(4,5)21-9-15/h10,18H,7-9H2,1-6H3. The van der Waals surface area contributed by atoms with E-state index in [-0.39, 0.29) is 19.8 Å². The van der Waals surface area contributed by atoms with E-state index in [4.69, 9.17) is 18.9 Å². The third-order valence-electron chi connectivity index (χ3n) is 3.25. The molecule has 1 unspecified atom stereocenters. The molecule has 7 nitrogen and oxygen atoms in total. The van der Waals surface area contributed by atoms with Gasteiger partial charge >= 0.3 is 11.9 Å². The van der Waals surface area contributed by atoms with Gasteiger partial charge < -0.3 is 24.1 Å². The van der Waals surface area contributed by atoms with Gasteiger partial charge in [-0.3, -0.25) is 9.59 Å². The summed E-state index contributed by atoms with van der Waals surface area (Å²) in [7, 11) is 0. The maximum atomic E-state index is 12.2. The molecule has 1 aliphatic rings. The van der Waals surface area contributed by atoms with Crippen molar-refractivity contribution in [2.75, 3.05) is 19.8 Å². The lowest BCUT2D eigenvalue weighted by Gasteiger charge is -2.39. The Bertz CT molecular complexity index is 412. The number of carbonyl (C=O) groups is 2. The topological polar surface area (TPSA) is 91.3 Å². The molecule has 1 atom stereocenters. The van der Waals surface area contributed by atoms with Crippen molar-refractivity contribution in [3.05, 3.63) is 0 Å². The molecule has 128 valence electrons. The molecule has 1 aliphatic heterocycles. The molecular weight excluding hydrogens is 292 g/mol. The van der Waals surface area contributed by atoms with Crippen LogP contribution in [0.4, 0.5) is 0 Å². The Balaban J connectivity index is 2.52. The summed E-state index contributed by atoms with van der Waals surface area (Å²) in [6.45, 7) is 9.76. The van der Waals surface area contributed by atoms with E-state index in [1.807, 2.05) is 0 Å². The minimum absolute atomic E-state index is 0.0492. The molecule has 1 N–H and O–H groups in total. The molecule has 0 spiro atoms. The molecule has 0 aliphatic carbocycles. The van der Waals surface area contributed by atoms with Crippen LogP contribution in [-0.2, 0) is 28.5 Å². The van der Waals surface area contributed by atoms with Crippen LogP contribution in [0.25, 0.3) is 0 Å². The molecule has 0 radical (unpaired) electrons. The number of rotatable bonds is 5. The van der Waals surface area contributed by atoms with E-state index >= 15 is 0 Å². The van der Waals surface area contributed by atoms with Crippen LogP contribution in [-0.4, -0.2) is 48.4 Å². The van der Waals surface area contributed by atoms with Crippen LogP contribution >= 0.6 is 0 Å². The van der Waals surface area contributed by atoms with Crippen molar-refractivity contribution in [2.45, 2.75) is 53.1 Å². The molecule has 0 bridgehead atoms. The quantitative estimate of drug-likeness (QED) is 0.463.